The summed E-state index contributed by atoms with van der Waals surface area (Å²) >= 11 is 14.9. The average Bonchev–Trinajstić information content (AvgIpc) is 3.06. The molecule has 0 radical (unpaired) electrons. The second-order valence-corrected chi connectivity index (χ2v) is 10.8. The predicted molar refractivity (Wildman–Crippen MR) is 149 cm³/mol. The topological polar surface area (TPSA) is 30.8 Å². The van der Waals surface area contributed by atoms with Crippen LogP contribution in [-0.2, 0) is 0 Å². The van der Waals surface area contributed by atoms with Crippen molar-refractivity contribution in [3.05, 3.63) is 118 Å². The van der Waals surface area contributed by atoms with Crippen LogP contribution >= 0.6 is 35.0 Å². The minimum Gasteiger partial charge on any atom is -0.494 e. The molecule has 3 unspecified atom stereocenters. The zero-order valence-corrected chi connectivity index (χ0v) is 21.9. The third-order valence-electron chi connectivity index (χ3n) is 6.52. The lowest BCUT2D eigenvalue weighted by Crippen LogP contribution is -2.35. The predicted octanol–water partition coefficient (Wildman–Crippen LogP) is 9.11. The van der Waals surface area contributed by atoms with E-state index in [4.69, 9.17) is 37.7 Å². The highest BCUT2D eigenvalue weighted by molar-refractivity contribution is 7.99. The van der Waals surface area contributed by atoms with Gasteiger partial charge in [0, 0.05) is 25.8 Å². The van der Waals surface area contributed by atoms with Crippen LogP contribution in [0.4, 0.5) is 5.69 Å². The number of benzene rings is 4. The maximum atomic E-state index is 6.85. The van der Waals surface area contributed by atoms with Crippen LogP contribution < -0.4 is 9.47 Å². The fourth-order valence-corrected chi connectivity index (χ4v) is 6.97. The number of hydrogen-bond donors (Lipinski definition) is 0. The van der Waals surface area contributed by atoms with Gasteiger partial charge in [0.05, 0.1) is 23.9 Å². The van der Waals surface area contributed by atoms with Crippen LogP contribution in [0.2, 0.25) is 10.0 Å². The van der Waals surface area contributed by atoms with Crippen LogP contribution in [0.25, 0.3) is 0 Å². The summed E-state index contributed by atoms with van der Waals surface area (Å²) in [5.74, 6) is 1.56. The standard InChI is InChI=1S/C30H23Cl2NO2S/c1-2-34-20-13-15-24-26(17-20)36-30(21-14-12-19(31)16-23(21)32)27-28(33-24)22-10-6-7-11-25(22)35-29(27)18-8-4-3-5-9-18/h3-17,27,29-30H,2H2,1H3. The second kappa shape index (κ2) is 9.85. The van der Waals surface area contributed by atoms with Gasteiger partial charge in [0.25, 0.3) is 0 Å². The van der Waals surface area contributed by atoms with E-state index in [9.17, 15) is 0 Å². The van der Waals surface area contributed by atoms with Crippen molar-refractivity contribution in [2.45, 2.75) is 23.2 Å². The summed E-state index contributed by atoms with van der Waals surface area (Å²) in [4.78, 5) is 6.34. The smallest absolute Gasteiger partial charge is 0.134 e. The number of halogens is 2. The van der Waals surface area contributed by atoms with E-state index in [0.717, 1.165) is 44.5 Å². The Morgan fingerprint density at radius 2 is 1.72 bits per heavy atom. The molecular formula is C30H23Cl2NO2S. The molecule has 2 heterocycles. The third kappa shape index (κ3) is 4.28. The number of ether oxygens (including phenoxy) is 2. The third-order valence-corrected chi connectivity index (χ3v) is 8.46. The van der Waals surface area contributed by atoms with Gasteiger partial charge in [-0.1, -0.05) is 71.7 Å². The van der Waals surface area contributed by atoms with Gasteiger partial charge in [-0.25, -0.2) is 0 Å². The molecular weight excluding hydrogens is 509 g/mol. The van der Waals surface area contributed by atoms with E-state index in [1.807, 2.05) is 73.7 Å². The molecule has 0 aliphatic carbocycles. The first-order valence-corrected chi connectivity index (χ1v) is 13.5. The average molecular weight is 532 g/mol. The summed E-state index contributed by atoms with van der Waals surface area (Å²) in [7, 11) is 0. The Kier molecular flexibility index (Phi) is 6.43. The SMILES string of the molecule is CCOc1ccc2c(c1)SC(c1ccc(Cl)cc1Cl)C1C(=N2)c2ccccc2OC1c1ccccc1. The highest BCUT2D eigenvalue weighted by atomic mass is 35.5. The molecule has 2 aliphatic rings. The quantitative estimate of drug-likeness (QED) is 0.263. The van der Waals surface area contributed by atoms with E-state index in [1.165, 1.54) is 0 Å². The molecule has 0 saturated carbocycles. The maximum Gasteiger partial charge on any atom is 0.134 e. The summed E-state index contributed by atoms with van der Waals surface area (Å²) in [6, 6.07) is 30.3. The van der Waals surface area contributed by atoms with Gasteiger partial charge in [-0.15, -0.1) is 11.8 Å². The number of nitrogens with zero attached hydrogens (tertiary/aromatic N) is 1. The normalized spacial score (nSPS) is 20.2. The summed E-state index contributed by atoms with van der Waals surface area (Å²) in [6.45, 7) is 2.59. The molecule has 0 aromatic heterocycles. The van der Waals surface area contributed by atoms with Gasteiger partial charge in [-0.3, -0.25) is 4.99 Å². The first kappa shape index (κ1) is 23.5. The number of rotatable bonds is 4. The van der Waals surface area contributed by atoms with Crippen molar-refractivity contribution in [2.24, 2.45) is 10.9 Å². The van der Waals surface area contributed by atoms with Gasteiger partial charge in [-0.05, 0) is 60.5 Å². The van der Waals surface area contributed by atoms with Crippen LogP contribution in [0.15, 0.2) is 101 Å². The van der Waals surface area contributed by atoms with Crippen molar-refractivity contribution >= 4 is 46.4 Å². The van der Waals surface area contributed by atoms with E-state index in [0.29, 0.717) is 16.7 Å². The number of para-hydroxylation sites is 1. The monoisotopic (exact) mass is 531 g/mol. The highest BCUT2D eigenvalue weighted by Crippen LogP contribution is 2.56. The molecule has 0 bridgehead atoms. The molecule has 3 nitrogen and oxygen atoms in total. The molecule has 180 valence electrons. The molecule has 4 aromatic carbocycles. The lowest BCUT2D eigenvalue weighted by atomic mass is 9.80. The van der Waals surface area contributed by atoms with Gasteiger partial charge in [0.1, 0.15) is 17.6 Å². The second-order valence-electron chi connectivity index (χ2n) is 8.73. The lowest BCUT2D eigenvalue weighted by Gasteiger charge is -2.38. The molecule has 0 amide bonds. The molecule has 0 spiro atoms. The number of hydrogen-bond acceptors (Lipinski definition) is 4. The molecule has 36 heavy (non-hydrogen) atoms. The molecule has 4 aromatic rings. The van der Waals surface area contributed by atoms with E-state index < -0.39 is 0 Å². The lowest BCUT2D eigenvalue weighted by molar-refractivity contribution is 0.156. The minimum absolute atomic E-state index is 0.0785. The molecule has 2 aliphatic heterocycles. The fourth-order valence-electron chi connectivity index (χ4n) is 4.94. The van der Waals surface area contributed by atoms with Crippen molar-refractivity contribution in [3.8, 4) is 11.5 Å². The van der Waals surface area contributed by atoms with Crippen molar-refractivity contribution in [2.75, 3.05) is 6.61 Å². The summed E-state index contributed by atoms with van der Waals surface area (Å²) < 4.78 is 12.6. The Morgan fingerprint density at radius 3 is 2.53 bits per heavy atom. The van der Waals surface area contributed by atoms with E-state index in [1.54, 1.807) is 11.8 Å². The first-order valence-electron chi connectivity index (χ1n) is 11.9. The molecule has 6 heteroatoms. The minimum atomic E-state index is -0.246. The van der Waals surface area contributed by atoms with Crippen LogP contribution in [0.1, 0.15) is 35.0 Å². The van der Waals surface area contributed by atoms with Crippen LogP contribution in [0, 0.1) is 5.92 Å². The zero-order chi connectivity index (χ0) is 24.6. The van der Waals surface area contributed by atoms with Gasteiger partial charge in [0.15, 0.2) is 0 Å². The fraction of sp³-hybridized carbons (Fsp3) is 0.167. The Bertz CT molecular complexity index is 1460. The largest absolute Gasteiger partial charge is 0.494 e. The van der Waals surface area contributed by atoms with Crippen molar-refractivity contribution < 1.29 is 9.47 Å². The molecule has 0 N–H and O–H groups in total. The molecule has 0 saturated heterocycles. The van der Waals surface area contributed by atoms with Crippen molar-refractivity contribution in [1.82, 2.24) is 0 Å². The Labute approximate surface area is 225 Å². The van der Waals surface area contributed by atoms with Crippen LogP contribution in [0.5, 0.6) is 11.5 Å². The summed E-state index contributed by atoms with van der Waals surface area (Å²) in [5, 5.41) is 1.17. The first-order chi connectivity index (χ1) is 17.6. The Balaban J connectivity index is 1.61. The number of thioether (sulfide) groups is 1. The maximum absolute atomic E-state index is 6.85. The molecule has 6 rings (SSSR count). The van der Waals surface area contributed by atoms with Crippen molar-refractivity contribution in [1.29, 1.82) is 0 Å². The van der Waals surface area contributed by atoms with E-state index in [2.05, 4.69) is 24.3 Å². The van der Waals surface area contributed by atoms with Crippen LogP contribution in [-0.4, -0.2) is 12.3 Å². The van der Waals surface area contributed by atoms with Gasteiger partial charge in [0.2, 0.25) is 0 Å². The number of fused-ring (bicyclic) bond motifs is 4. The summed E-state index contributed by atoms with van der Waals surface area (Å²) in [6.07, 6.45) is -0.246. The number of aliphatic imine (C=N–C) groups is 1. The van der Waals surface area contributed by atoms with Crippen molar-refractivity contribution in [3.63, 3.8) is 0 Å². The highest BCUT2D eigenvalue weighted by Gasteiger charge is 2.44. The summed E-state index contributed by atoms with van der Waals surface area (Å²) in [5.41, 5.74) is 5.02. The van der Waals surface area contributed by atoms with Gasteiger partial charge < -0.3 is 9.47 Å². The van der Waals surface area contributed by atoms with E-state index >= 15 is 0 Å². The van der Waals surface area contributed by atoms with Gasteiger partial charge >= 0.3 is 0 Å². The van der Waals surface area contributed by atoms with Crippen LogP contribution in [0.3, 0.4) is 0 Å². The molecule has 0 fully saturated rings. The Hall–Kier alpha value is -2.92. The zero-order valence-electron chi connectivity index (χ0n) is 19.5. The molecule has 3 atom stereocenters. The Morgan fingerprint density at radius 1 is 0.917 bits per heavy atom. The van der Waals surface area contributed by atoms with E-state index in [-0.39, 0.29) is 17.3 Å². The van der Waals surface area contributed by atoms with Gasteiger partial charge in [-0.2, -0.15) is 0 Å².